The summed E-state index contributed by atoms with van der Waals surface area (Å²) in [6.07, 6.45) is 6.95. The lowest BCUT2D eigenvalue weighted by molar-refractivity contribution is -0.149. The van der Waals surface area contributed by atoms with Crippen molar-refractivity contribution in [3.63, 3.8) is 0 Å². The molecule has 202 valence electrons. The second kappa shape index (κ2) is 12.6. The number of nitrogens with zero attached hydrogens (tertiary/aromatic N) is 2. The van der Waals surface area contributed by atoms with Crippen LogP contribution in [-0.2, 0) is 20.8 Å². The Morgan fingerprint density at radius 2 is 1.87 bits per heavy atom. The van der Waals surface area contributed by atoms with Crippen LogP contribution in [0.15, 0.2) is 54.3 Å². The fraction of sp³-hybridized carbons (Fsp3) is 0.484. The van der Waals surface area contributed by atoms with Crippen molar-refractivity contribution in [2.45, 2.75) is 57.7 Å². The Morgan fingerprint density at radius 3 is 2.66 bits per heavy atom. The summed E-state index contributed by atoms with van der Waals surface area (Å²) in [6.45, 7) is 7.78. The van der Waals surface area contributed by atoms with E-state index in [1.54, 1.807) is 0 Å². The van der Waals surface area contributed by atoms with Gasteiger partial charge in [-0.1, -0.05) is 48.4 Å². The van der Waals surface area contributed by atoms with Crippen LogP contribution in [0.4, 0.5) is 0 Å². The Kier molecular flexibility index (Phi) is 8.76. The highest BCUT2D eigenvalue weighted by Gasteiger charge is 2.41. The zero-order valence-corrected chi connectivity index (χ0v) is 22.4. The molecule has 2 aromatic rings. The Balaban J connectivity index is 1.21. The van der Waals surface area contributed by atoms with E-state index in [-0.39, 0.29) is 24.0 Å². The molecule has 0 radical (unpaired) electrons. The molecule has 0 spiro atoms. The summed E-state index contributed by atoms with van der Waals surface area (Å²) in [7, 11) is 0. The maximum atomic E-state index is 13.6. The highest BCUT2D eigenvalue weighted by Crippen LogP contribution is 2.34. The van der Waals surface area contributed by atoms with Crippen molar-refractivity contribution < 1.29 is 19.1 Å². The van der Waals surface area contributed by atoms with Gasteiger partial charge in [0, 0.05) is 31.7 Å². The van der Waals surface area contributed by atoms with E-state index in [2.05, 4.69) is 35.3 Å². The summed E-state index contributed by atoms with van der Waals surface area (Å²) in [5.74, 6) is 0.253. The molecule has 2 unspecified atom stereocenters. The number of carbonyl (C=O) groups is 2. The largest absolute Gasteiger partial charge is 0.482 e. The molecule has 2 aromatic carbocycles. The molecule has 5 rings (SSSR count). The summed E-state index contributed by atoms with van der Waals surface area (Å²) < 4.78 is 11.6. The van der Waals surface area contributed by atoms with Crippen LogP contribution in [0.5, 0.6) is 0 Å². The summed E-state index contributed by atoms with van der Waals surface area (Å²) in [5, 5.41) is 3.01. The molecule has 2 heterocycles. The van der Waals surface area contributed by atoms with Gasteiger partial charge in [-0.2, -0.15) is 0 Å². The van der Waals surface area contributed by atoms with Gasteiger partial charge in [-0.3, -0.25) is 14.5 Å². The van der Waals surface area contributed by atoms with Crippen LogP contribution in [0, 0.1) is 6.92 Å². The first-order chi connectivity index (χ1) is 18.6. The van der Waals surface area contributed by atoms with Gasteiger partial charge in [0.2, 0.25) is 0 Å². The lowest BCUT2D eigenvalue weighted by Gasteiger charge is -2.44. The molecule has 1 saturated carbocycles. The van der Waals surface area contributed by atoms with Gasteiger partial charge in [0.15, 0.2) is 5.76 Å². The summed E-state index contributed by atoms with van der Waals surface area (Å²) in [5.41, 5.74) is 3.80. The zero-order valence-electron chi connectivity index (χ0n) is 22.4. The quantitative estimate of drug-likeness (QED) is 0.421. The molecule has 1 aliphatic carbocycles. The fourth-order valence-corrected chi connectivity index (χ4v) is 5.68. The number of nitrogens with one attached hydrogen (secondary N) is 1. The van der Waals surface area contributed by atoms with Crippen LogP contribution >= 0.6 is 0 Å². The predicted octanol–water partition coefficient (Wildman–Crippen LogP) is 4.16. The van der Waals surface area contributed by atoms with E-state index in [9.17, 15) is 9.59 Å². The van der Waals surface area contributed by atoms with Crippen molar-refractivity contribution in [2.24, 2.45) is 0 Å². The fourth-order valence-electron chi connectivity index (χ4n) is 5.68. The third kappa shape index (κ3) is 6.63. The monoisotopic (exact) mass is 517 g/mol. The van der Waals surface area contributed by atoms with E-state index in [0.717, 1.165) is 76.1 Å². The predicted molar refractivity (Wildman–Crippen MR) is 147 cm³/mol. The molecule has 2 saturated heterocycles. The Labute approximate surface area is 225 Å². The first kappa shape index (κ1) is 26.4. The van der Waals surface area contributed by atoms with Gasteiger partial charge in [0.1, 0.15) is 6.10 Å². The SMILES string of the molecule is Cc1cccc(CN2C(=O)/C(=C\c3ccc(C(=O)NCCCN4CCOCC4)cc3)OC3CCCCC32)c1. The minimum absolute atomic E-state index is 0.0278. The maximum Gasteiger partial charge on any atom is 0.289 e. The third-order valence-corrected chi connectivity index (χ3v) is 7.76. The summed E-state index contributed by atoms with van der Waals surface area (Å²) >= 11 is 0. The molecular formula is C31H39N3O4. The average Bonchev–Trinajstić information content (AvgIpc) is 2.94. The normalized spacial score (nSPS) is 23.1. The Hall–Kier alpha value is -3.16. The molecule has 2 amide bonds. The molecule has 0 bridgehead atoms. The molecule has 0 aromatic heterocycles. The van der Waals surface area contributed by atoms with E-state index in [1.165, 1.54) is 5.56 Å². The second-order valence-electron chi connectivity index (χ2n) is 10.6. The molecule has 2 aliphatic heterocycles. The lowest BCUT2D eigenvalue weighted by Crippen LogP contribution is -2.54. The molecule has 3 fully saturated rings. The minimum atomic E-state index is -0.0782. The van der Waals surface area contributed by atoms with E-state index >= 15 is 0 Å². The van der Waals surface area contributed by atoms with Gasteiger partial charge in [-0.25, -0.2) is 0 Å². The molecule has 3 aliphatic rings. The number of morpholine rings is 2. The zero-order chi connectivity index (χ0) is 26.3. The second-order valence-corrected chi connectivity index (χ2v) is 10.6. The van der Waals surface area contributed by atoms with Gasteiger partial charge >= 0.3 is 0 Å². The molecule has 2 atom stereocenters. The molecule has 7 heteroatoms. The van der Waals surface area contributed by atoms with Gasteiger partial charge in [0.05, 0.1) is 19.3 Å². The standard InChI is InChI=1S/C31H39N3O4/c1-23-6-4-7-25(20-23)22-34-27-8-2-3-9-28(27)38-29(31(34)36)21-24-10-12-26(13-11-24)30(35)32-14-5-15-33-16-18-37-19-17-33/h4,6-7,10-13,20-21,27-28H,2-3,5,8-9,14-19,22H2,1H3,(H,32,35)/b29-21+. The summed E-state index contributed by atoms with van der Waals surface area (Å²) in [4.78, 5) is 30.5. The summed E-state index contributed by atoms with van der Waals surface area (Å²) in [6, 6.07) is 15.9. The Morgan fingerprint density at radius 1 is 1.08 bits per heavy atom. The number of hydrogen-bond acceptors (Lipinski definition) is 5. The number of rotatable bonds is 8. The van der Waals surface area contributed by atoms with Crippen molar-refractivity contribution in [3.05, 3.63) is 76.5 Å². The van der Waals surface area contributed by atoms with Crippen LogP contribution in [0.3, 0.4) is 0 Å². The average molecular weight is 518 g/mol. The van der Waals surface area contributed by atoms with E-state index < -0.39 is 0 Å². The van der Waals surface area contributed by atoms with Gasteiger partial charge < -0.3 is 19.7 Å². The van der Waals surface area contributed by atoms with Crippen LogP contribution in [0.1, 0.15) is 59.2 Å². The molecule has 1 N–H and O–H groups in total. The Bertz CT molecular complexity index is 1140. The number of hydrogen-bond donors (Lipinski definition) is 1. The van der Waals surface area contributed by atoms with Crippen molar-refractivity contribution in [2.75, 3.05) is 39.4 Å². The number of carbonyl (C=O) groups excluding carboxylic acids is 2. The maximum absolute atomic E-state index is 13.6. The highest BCUT2D eigenvalue weighted by atomic mass is 16.5. The van der Waals surface area contributed by atoms with Crippen LogP contribution in [-0.4, -0.2) is 73.2 Å². The minimum Gasteiger partial charge on any atom is -0.482 e. The van der Waals surface area contributed by atoms with Crippen LogP contribution in [0.25, 0.3) is 6.08 Å². The van der Waals surface area contributed by atoms with E-state index in [4.69, 9.17) is 9.47 Å². The number of fused-ring (bicyclic) bond motifs is 1. The molecule has 38 heavy (non-hydrogen) atoms. The van der Waals surface area contributed by atoms with E-state index in [0.29, 0.717) is 24.4 Å². The topological polar surface area (TPSA) is 71.1 Å². The van der Waals surface area contributed by atoms with Gasteiger partial charge in [-0.15, -0.1) is 0 Å². The van der Waals surface area contributed by atoms with Gasteiger partial charge in [0.25, 0.3) is 11.8 Å². The van der Waals surface area contributed by atoms with Crippen molar-refractivity contribution in [1.29, 1.82) is 0 Å². The number of benzene rings is 2. The highest BCUT2D eigenvalue weighted by molar-refractivity contribution is 5.97. The van der Waals surface area contributed by atoms with Crippen LogP contribution in [0.2, 0.25) is 0 Å². The van der Waals surface area contributed by atoms with Crippen molar-refractivity contribution in [1.82, 2.24) is 15.1 Å². The van der Waals surface area contributed by atoms with Crippen molar-refractivity contribution in [3.8, 4) is 0 Å². The first-order valence-electron chi connectivity index (χ1n) is 14.0. The van der Waals surface area contributed by atoms with Crippen LogP contribution < -0.4 is 5.32 Å². The first-order valence-corrected chi connectivity index (χ1v) is 14.0. The van der Waals surface area contributed by atoms with Crippen molar-refractivity contribution >= 4 is 17.9 Å². The van der Waals surface area contributed by atoms with Gasteiger partial charge in [-0.05, 0) is 68.5 Å². The smallest absolute Gasteiger partial charge is 0.289 e. The number of aryl methyl sites for hydroxylation is 1. The number of amides is 2. The molecule has 7 nitrogen and oxygen atoms in total. The third-order valence-electron chi connectivity index (χ3n) is 7.76. The number of ether oxygens (including phenoxy) is 2. The molecular weight excluding hydrogens is 478 g/mol. The van der Waals surface area contributed by atoms with E-state index in [1.807, 2.05) is 41.3 Å². The lowest BCUT2D eigenvalue weighted by atomic mass is 9.89.